The number of anilines is 1. The fraction of sp³-hybridized carbons (Fsp3) is 0.105. The Balaban J connectivity index is 1.85. The highest BCUT2D eigenvalue weighted by molar-refractivity contribution is 5.80. The molecule has 0 aliphatic rings. The fourth-order valence-corrected chi connectivity index (χ4v) is 2.40. The van der Waals surface area contributed by atoms with Crippen molar-refractivity contribution in [3.8, 4) is 17.1 Å². The van der Waals surface area contributed by atoms with Crippen molar-refractivity contribution in [2.45, 2.75) is 6.92 Å². The molecule has 2 aromatic carbocycles. The molecule has 0 saturated heterocycles. The molecule has 3 aromatic rings. The molecule has 8 nitrogen and oxygen atoms in total. The molecule has 1 aromatic heterocycles. The van der Waals surface area contributed by atoms with Crippen LogP contribution in [0.2, 0.25) is 0 Å². The average Bonchev–Trinajstić information content (AvgIpc) is 2.66. The molecule has 0 amide bonds. The summed E-state index contributed by atoms with van der Waals surface area (Å²) < 4.78 is 0. The topological polar surface area (TPSA) is 105 Å². The number of phenolic OH excluding ortho intramolecular Hbond substituents is 1. The summed E-state index contributed by atoms with van der Waals surface area (Å²) in [6.07, 6.45) is 1.58. The Hall–Kier alpha value is -3.81. The van der Waals surface area contributed by atoms with Gasteiger partial charge < -0.3 is 5.11 Å². The van der Waals surface area contributed by atoms with E-state index in [0.717, 1.165) is 11.3 Å². The van der Waals surface area contributed by atoms with E-state index in [1.807, 2.05) is 6.92 Å². The van der Waals surface area contributed by atoms with Gasteiger partial charge in [0.15, 0.2) is 11.6 Å². The normalized spacial score (nSPS) is 10.9. The number of hydrogen-bond donors (Lipinski definition) is 1. The van der Waals surface area contributed by atoms with E-state index >= 15 is 0 Å². The SMILES string of the molecule is Cc1cc(N(C)N=Cc2ccc([N+](=O)[O-])cc2)nc(-c2ccccc2O)n1. The molecule has 136 valence electrons. The first-order chi connectivity index (χ1) is 12.9. The maximum Gasteiger partial charge on any atom is 0.269 e. The number of phenols is 1. The third-order valence-corrected chi connectivity index (χ3v) is 3.80. The number of para-hydroxylation sites is 1. The van der Waals surface area contributed by atoms with Gasteiger partial charge in [-0.1, -0.05) is 12.1 Å². The fourth-order valence-electron chi connectivity index (χ4n) is 2.40. The summed E-state index contributed by atoms with van der Waals surface area (Å²) in [4.78, 5) is 19.1. The molecule has 0 bridgehead atoms. The van der Waals surface area contributed by atoms with Gasteiger partial charge in [0.1, 0.15) is 5.75 Å². The van der Waals surface area contributed by atoms with E-state index < -0.39 is 4.92 Å². The number of benzene rings is 2. The molecule has 0 radical (unpaired) electrons. The summed E-state index contributed by atoms with van der Waals surface area (Å²) in [6, 6.07) is 14.7. The lowest BCUT2D eigenvalue weighted by Gasteiger charge is -2.14. The zero-order valence-corrected chi connectivity index (χ0v) is 14.8. The summed E-state index contributed by atoms with van der Waals surface area (Å²) in [7, 11) is 1.73. The third-order valence-electron chi connectivity index (χ3n) is 3.80. The van der Waals surface area contributed by atoms with Crippen molar-refractivity contribution in [1.82, 2.24) is 9.97 Å². The number of hydrazone groups is 1. The molecule has 0 unspecified atom stereocenters. The molecular formula is C19H17N5O3. The lowest BCUT2D eigenvalue weighted by Crippen LogP contribution is -2.12. The smallest absolute Gasteiger partial charge is 0.269 e. The maximum atomic E-state index is 10.7. The lowest BCUT2D eigenvalue weighted by molar-refractivity contribution is -0.384. The number of aromatic hydroxyl groups is 1. The van der Waals surface area contributed by atoms with E-state index in [2.05, 4.69) is 15.1 Å². The van der Waals surface area contributed by atoms with Gasteiger partial charge in [-0.2, -0.15) is 5.10 Å². The Labute approximate surface area is 155 Å². The van der Waals surface area contributed by atoms with Crippen LogP contribution >= 0.6 is 0 Å². The zero-order valence-electron chi connectivity index (χ0n) is 14.8. The van der Waals surface area contributed by atoms with Crippen molar-refractivity contribution in [1.29, 1.82) is 0 Å². The predicted octanol–water partition coefficient (Wildman–Crippen LogP) is 3.54. The minimum Gasteiger partial charge on any atom is -0.507 e. The van der Waals surface area contributed by atoms with Gasteiger partial charge >= 0.3 is 0 Å². The Kier molecular flexibility index (Phi) is 5.07. The van der Waals surface area contributed by atoms with Gasteiger partial charge in [0.25, 0.3) is 5.69 Å². The molecule has 0 aliphatic carbocycles. The number of aryl methyl sites for hydroxylation is 1. The highest BCUT2D eigenvalue weighted by atomic mass is 16.6. The highest BCUT2D eigenvalue weighted by Gasteiger charge is 2.11. The second-order valence-electron chi connectivity index (χ2n) is 5.83. The van der Waals surface area contributed by atoms with Crippen LogP contribution in [-0.2, 0) is 0 Å². The third kappa shape index (κ3) is 4.24. The summed E-state index contributed by atoms with van der Waals surface area (Å²) in [5, 5.41) is 26.6. The molecule has 0 aliphatic heterocycles. The number of nitro groups is 1. The van der Waals surface area contributed by atoms with Gasteiger partial charge in [0.2, 0.25) is 0 Å². The standard InChI is InChI=1S/C19H17N5O3/c1-13-11-18(22-19(21-13)16-5-3-4-6-17(16)25)23(2)20-12-14-7-9-15(10-8-14)24(26)27/h3-12,25H,1-2H3. The van der Waals surface area contributed by atoms with Crippen molar-refractivity contribution >= 4 is 17.7 Å². The number of nitrogens with zero attached hydrogens (tertiary/aromatic N) is 5. The molecule has 27 heavy (non-hydrogen) atoms. The van der Waals surface area contributed by atoms with Crippen molar-refractivity contribution in [2.24, 2.45) is 5.10 Å². The number of rotatable bonds is 5. The minimum absolute atomic E-state index is 0.0271. The van der Waals surface area contributed by atoms with Gasteiger partial charge in [-0.15, -0.1) is 0 Å². The van der Waals surface area contributed by atoms with Crippen LogP contribution in [0.25, 0.3) is 11.4 Å². The van der Waals surface area contributed by atoms with Crippen molar-refractivity contribution in [3.05, 3.63) is 76.0 Å². The molecule has 0 saturated carbocycles. The first-order valence-corrected chi connectivity index (χ1v) is 8.10. The number of nitro benzene ring substituents is 1. The van der Waals surface area contributed by atoms with Gasteiger partial charge in [-0.25, -0.2) is 9.97 Å². The van der Waals surface area contributed by atoms with Gasteiger partial charge in [0, 0.05) is 30.9 Å². The largest absolute Gasteiger partial charge is 0.507 e. The second-order valence-corrected chi connectivity index (χ2v) is 5.83. The van der Waals surface area contributed by atoms with Gasteiger partial charge in [-0.3, -0.25) is 15.1 Å². The molecule has 0 atom stereocenters. The Bertz CT molecular complexity index is 1000. The average molecular weight is 363 g/mol. The Morgan fingerprint density at radius 2 is 1.85 bits per heavy atom. The van der Waals surface area contributed by atoms with Crippen molar-refractivity contribution < 1.29 is 10.0 Å². The van der Waals surface area contributed by atoms with E-state index in [1.165, 1.54) is 12.1 Å². The lowest BCUT2D eigenvalue weighted by atomic mass is 10.2. The molecular weight excluding hydrogens is 346 g/mol. The van der Waals surface area contributed by atoms with Crippen LogP contribution in [0.1, 0.15) is 11.3 Å². The minimum atomic E-state index is -0.447. The molecule has 1 N–H and O–H groups in total. The van der Waals surface area contributed by atoms with E-state index in [0.29, 0.717) is 17.2 Å². The van der Waals surface area contributed by atoms with Crippen molar-refractivity contribution in [2.75, 3.05) is 12.1 Å². The van der Waals surface area contributed by atoms with Crippen LogP contribution in [0.4, 0.5) is 11.5 Å². The second kappa shape index (κ2) is 7.61. The van der Waals surface area contributed by atoms with Crippen LogP contribution in [0.15, 0.2) is 59.7 Å². The van der Waals surface area contributed by atoms with Gasteiger partial charge in [0.05, 0.1) is 16.7 Å². The Morgan fingerprint density at radius 3 is 2.52 bits per heavy atom. The predicted molar refractivity (Wildman–Crippen MR) is 103 cm³/mol. The van der Waals surface area contributed by atoms with E-state index in [1.54, 1.807) is 60.7 Å². The molecule has 0 spiro atoms. The van der Waals surface area contributed by atoms with Gasteiger partial charge in [-0.05, 0) is 36.8 Å². The van der Waals surface area contributed by atoms with E-state index in [9.17, 15) is 15.2 Å². The summed E-state index contributed by atoms with van der Waals surface area (Å²) in [5.41, 5.74) is 2.02. The number of hydrogen-bond acceptors (Lipinski definition) is 7. The number of aromatic nitrogens is 2. The summed E-state index contributed by atoms with van der Waals surface area (Å²) in [5.74, 6) is 1.06. The van der Waals surface area contributed by atoms with Crippen LogP contribution < -0.4 is 5.01 Å². The highest BCUT2D eigenvalue weighted by Crippen LogP contribution is 2.27. The van der Waals surface area contributed by atoms with Crippen LogP contribution in [-0.4, -0.2) is 33.3 Å². The maximum absolute atomic E-state index is 10.7. The molecule has 3 rings (SSSR count). The van der Waals surface area contributed by atoms with Crippen molar-refractivity contribution in [3.63, 3.8) is 0 Å². The summed E-state index contributed by atoms with van der Waals surface area (Å²) >= 11 is 0. The van der Waals surface area contributed by atoms with E-state index in [-0.39, 0.29) is 11.4 Å². The summed E-state index contributed by atoms with van der Waals surface area (Å²) in [6.45, 7) is 1.84. The van der Waals surface area contributed by atoms with Crippen LogP contribution in [0.3, 0.4) is 0 Å². The monoisotopic (exact) mass is 363 g/mol. The quantitative estimate of drug-likeness (QED) is 0.422. The van der Waals surface area contributed by atoms with Crippen LogP contribution in [0, 0.1) is 17.0 Å². The number of non-ortho nitro benzene ring substituents is 1. The zero-order chi connectivity index (χ0) is 19.4. The first kappa shape index (κ1) is 18.0. The van der Waals surface area contributed by atoms with Crippen LogP contribution in [0.5, 0.6) is 5.75 Å². The molecule has 1 heterocycles. The molecule has 0 fully saturated rings. The molecule has 8 heteroatoms. The first-order valence-electron chi connectivity index (χ1n) is 8.10. The van der Waals surface area contributed by atoms with E-state index in [4.69, 9.17) is 0 Å². The Morgan fingerprint density at radius 1 is 1.15 bits per heavy atom.